The lowest BCUT2D eigenvalue weighted by Gasteiger charge is -2.20. The van der Waals surface area contributed by atoms with Crippen molar-refractivity contribution in [3.8, 4) is 11.5 Å². The van der Waals surface area contributed by atoms with E-state index in [9.17, 15) is 4.79 Å². The molecule has 0 spiro atoms. The van der Waals surface area contributed by atoms with Gasteiger partial charge in [0.25, 0.3) is 0 Å². The molecule has 1 aromatic carbocycles. The monoisotopic (exact) mass is 262 g/mol. The molecule has 1 saturated carbocycles. The van der Waals surface area contributed by atoms with Crippen molar-refractivity contribution in [1.82, 2.24) is 0 Å². The van der Waals surface area contributed by atoms with Crippen molar-refractivity contribution in [3.63, 3.8) is 0 Å². The second-order valence-corrected chi connectivity index (χ2v) is 5.03. The number of ether oxygens (including phenoxy) is 2. The summed E-state index contributed by atoms with van der Waals surface area (Å²) in [6.07, 6.45) is 4.82. The van der Waals surface area contributed by atoms with Crippen LogP contribution in [-0.2, 0) is 11.2 Å². The number of hydrogen-bond donors (Lipinski definition) is 0. The predicted octanol–water partition coefficient (Wildman–Crippen LogP) is 3.40. The van der Waals surface area contributed by atoms with E-state index >= 15 is 0 Å². The van der Waals surface area contributed by atoms with Gasteiger partial charge >= 0.3 is 0 Å². The molecule has 2 rings (SSSR count). The van der Waals surface area contributed by atoms with E-state index in [2.05, 4.69) is 0 Å². The Kier molecular flexibility index (Phi) is 4.83. The minimum atomic E-state index is 0.191. The van der Waals surface area contributed by atoms with Gasteiger partial charge in [-0.1, -0.05) is 12.5 Å². The molecule has 0 aromatic heterocycles. The molecule has 0 radical (unpaired) electrons. The quantitative estimate of drug-likeness (QED) is 0.816. The molecule has 104 valence electrons. The van der Waals surface area contributed by atoms with Crippen LogP contribution in [0.5, 0.6) is 11.5 Å². The van der Waals surface area contributed by atoms with Crippen LogP contribution in [-0.4, -0.2) is 19.5 Å². The maximum atomic E-state index is 11.9. The summed E-state index contributed by atoms with van der Waals surface area (Å²) in [6, 6.07) is 5.97. The molecular weight excluding hydrogens is 240 g/mol. The Labute approximate surface area is 114 Å². The summed E-state index contributed by atoms with van der Waals surface area (Å²) in [5.74, 6) is 2.13. The van der Waals surface area contributed by atoms with Crippen LogP contribution >= 0.6 is 0 Å². The average molecular weight is 262 g/mol. The van der Waals surface area contributed by atoms with Gasteiger partial charge in [0.2, 0.25) is 0 Å². The van der Waals surface area contributed by atoms with Gasteiger partial charge in [-0.2, -0.15) is 0 Å². The smallest absolute Gasteiger partial charge is 0.161 e. The summed E-state index contributed by atoms with van der Waals surface area (Å²) < 4.78 is 10.8. The van der Waals surface area contributed by atoms with Crippen molar-refractivity contribution in [3.05, 3.63) is 23.8 Å². The van der Waals surface area contributed by atoms with Crippen molar-refractivity contribution < 1.29 is 14.3 Å². The van der Waals surface area contributed by atoms with Crippen LogP contribution in [0.3, 0.4) is 0 Å². The van der Waals surface area contributed by atoms with Gasteiger partial charge in [0.1, 0.15) is 5.78 Å². The maximum absolute atomic E-state index is 11.9. The number of Topliss-reactive ketones (excluding diaryl/α,β-unsaturated/α-hetero) is 1. The lowest BCUT2D eigenvalue weighted by molar-refractivity contribution is -0.124. The summed E-state index contributed by atoms with van der Waals surface area (Å²) in [6.45, 7) is 2.57. The standard InChI is InChI=1S/C16H22O3/c1-3-19-15-9-8-12(11-16(15)18-2)10-13-6-4-5-7-14(13)17/h8-9,11,13H,3-7,10H2,1-2H3. The second-order valence-electron chi connectivity index (χ2n) is 5.03. The first-order valence-electron chi connectivity index (χ1n) is 7.07. The topological polar surface area (TPSA) is 35.5 Å². The highest BCUT2D eigenvalue weighted by molar-refractivity contribution is 5.81. The lowest BCUT2D eigenvalue weighted by Crippen LogP contribution is -2.21. The number of methoxy groups -OCH3 is 1. The Morgan fingerprint density at radius 3 is 2.79 bits per heavy atom. The highest BCUT2D eigenvalue weighted by Crippen LogP contribution is 2.31. The van der Waals surface area contributed by atoms with E-state index in [1.165, 1.54) is 6.42 Å². The van der Waals surface area contributed by atoms with Crippen LogP contribution < -0.4 is 9.47 Å². The molecule has 1 atom stereocenters. The molecule has 19 heavy (non-hydrogen) atoms. The van der Waals surface area contributed by atoms with Gasteiger partial charge in [-0.25, -0.2) is 0 Å². The van der Waals surface area contributed by atoms with Crippen molar-refractivity contribution in [2.75, 3.05) is 13.7 Å². The first-order chi connectivity index (χ1) is 9.24. The number of ketones is 1. The van der Waals surface area contributed by atoms with Gasteiger partial charge in [-0.05, 0) is 43.9 Å². The van der Waals surface area contributed by atoms with E-state index in [1.54, 1.807) is 7.11 Å². The van der Waals surface area contributed by atoms with Gasteiger partial charge < -0.3 is 9.47 Å². The molecule has 0 aliphatic heterocycles. The molecule has 0 amide bonds. The molecule has 3 heteroatoms. The highest BCUT2D eigenvalue weighted by atomic mass is 16.5. The molecule has 1 aromatic rings. The number of carbonyl (C=O) groups excluding carboxylic acids is 1. The number of hydrogen-bond acceptors (Lipinski definition) is 3. The fourth-order valence-corrected chi connectivity index (χ4v) is 2.67. The Morgan fingerprint density at radius 2 is 2.11 bits per heavy atom. The summed E-state index contributed by atoms with van der Waals surface area (Å²) in [5, 5.41) is 0. The Morgan fingerprint density at radius 1 is 1.26 bits per heavy atom. The van der Waals surface area contributed by atoms with E-state index in [0.717, 1.165) is 42.7 Å². The molecule has 3 nitrogen and oxygen atoms in total. The summed E-state index contributed by atoms with van der Waals surface area (Å²) in [7, 11) is 1.65. The third-order valence-corrected chi connectivity index (χ3v) is 3.69. The molecular formula is C16H22O3. The van der Waals surface area contributed by atoms with Crippen molar-refractivity contribution in [1.29, 1.82) is 0 Å². The summed E-state index contributed by atoms with van der Waals surface area (Å²) in [5.41, 5.74) is 1.15. The number of rotatable bonds is 5. The zero-order valence-corrected chi connectivity index (χ0v) is 11.8. The molecule has 0 saturated heterocycles. The van der Waals surface area contributed by atoms with Crippen molar-refractivity contribution in [2.45, 2.75) is 39.0 Å². The highest BCUT2D eigenvalue weighted by Gasteiger charge is 2.22. The first kappa shape index (κ1) is 13.9. The van der Waals surface area contributed by atoms with Crippen molar-refractivity contribution in [2.24, 2.45) is 5.92 Å². The van der Waals surface area contributed by atoms with Crippen LogP contribution in [0.1, 0.15) is 38.2 Å². The third-order valence-electron chi connectivity index (χ3n) is 3.69. The van der Waals surface area contributed by atoms with Crippen LogP contribution in [0, 0.1) is 5.92 Å². The Hall–Kier alpha value is -1.51. The first-order valence-corrected chi connectivity index (χ1v) is 7.07. The Balaban J connectivity index is 2.09. The van der Waals surface area contributed by atoms with Crippen LogP contribution in [0.25, 0.3) is 0 Å². The van der Waals surface area contributed by atoms with Crippen LogP contribution in [0.15, 0.2) is 18.2 Å². The van der Waals surface area contributed by atoms with E-state index in [1.807, 2.05) is 25.1 Å². The molecule has 1 fully saturated rings. The van der Waals surface area contributed by atoms with Gasteiger partial charge in [-0.15, -0.1) is 0 Å². The average Bonchev–Trinajstić information content (AvgIpc) is 2.43. The van der Waals surface area contributed by atoms with Gasteiger partial charge in [0.05, 0.1) is 13.7 Å². The maximum Gasteiger partial charge on any atom is 0.161 e. The lowest BCUT2D eigenvalue weighted by atomic mass is 9.84. The molecule has 1 unspecified atom stereocenters. The predicted molar refractivity (Wildman–Crippen MR) is 74.8 cm³/mol. The SMILES string of the molecule is CCOc1ccc(CC2CCCCC2=O)cc1OC. The van der Waals surface area contributed by atoms with Gasteiger partial charge in [0.15, 0.2) is 11.5 Å². The zero-order valence-electron chi connectivity index (χ0n) is 11.8. The zero-order chi connectivity index (χ0) is 13.7. The normalized spacial score (nSPS) is 19.3. The van der Waals surface area contributed by atoms with E-state index < -0.39 is 0 Å². The number of benzene rings is 1. The largest absolute Gasteiger partial charge is 0.493 e. The van der Waals surface area contributed by atoms with Crippen LogP contribution in [0.4, 0.5) is 0 Å². The fraction of sp³-hybridized carbons (Fsp3) is 0.562. The Bertz CT molecular complexity index is 440. The van der Waals surface area contributed by atoms with Gasteiger partial charge in [0, 0.05) is 12.3 Å². The fourth-order valence-electron chi connectivity index (χ4n) is 2.67. The van der Waals surface area contributed by atoms with E-state index in [4.69, 9.17) is 9.47 Å². The third kappa shape index (κ3) is 3.49. The molecule has 1 aliphatic carbocycles. The van der Waals surface area contributed by atoms with Crippen molar-refractivity contribution >= 4 is 5.78 Å². The minimum Gasteiger partial charge on any atom is -0.493 e. The van der Waals surface area contributed by atoms with E-state index in [-0.39, 0.29) is 5.92 Å². The van der Waals surface area contributed by atoms with Crippen LogP contribution in [0.2, 0.25) is 0 Å². The number of carbonyl (C=O) groups is 1. The van der Waals surface area contributed by atoms with Gasteiger partial charge in [-0.3, -0.25) is 4.79 Å². The molecule has 0 heterocycles. The minimum absolute atomic E-state index is 0.191. The molecule has 0 N–H and O–H groups in total. The molecule has 1 aliphatic rings. The van der Waals surface area contributed by atoms with E-state index in [0.29, 0.717) is 12.4 Å². The summed E-state index contributed by atoms with van der Waals surface area (Å²) in [4.78, 5) is 11.9. The molecule has 0 bridgehead atoms. The second kappa shape index (κ2) is 6.60. The summed E-state index contributed by atoms with van der Waals surface area (Å²) >= 11 is 0.